The second-order valence-corrected chi connectivity index (χ2v) is 5.68. The van der Waals surface area contributed by atoms with Crippen molar-refractivity contribution in [3.63, 3.8) is 0 Å². The molecule has 0 saturated carbocycles. The van der Waals surface area contributed by atoms with Crippen LogP contribution in [0.25, 0.3) is 0 Å². The summed E-state index contributed by atoms with van der Waals surface area (Å²) in [7, 11) is 0. The molecule has 3 heteroatoms. The Hall–Kier alpha value is -0.240. The number of carbonyl (C=O) groups is 1. The Morgan fingerprint density at radius 2 is 1.79 bits per heavy atom. The van der Waals surface area contributed by atoms with Crippen LogP contribution in [0.1, 0.15) is 48.0 Å². The Morgan fingerprint density at radius 3 is 2.07 bits per heavy atom. The van der Waals surface area contributed by atoms with Gasteiger partial charge in [0.25, 0.3) is 0 Å². The molecule has 0 rings (SSSR count). The van der Waals surface area contributed by atoms with Gasteiger partial charge in [-0.25, -0.2) is 0 Å². The van der Waals surface area contributed by atoms with Crippen LogP contribution in [0.2, 0.25) is 0 Å². The Morgan fingerprint density at radius 1 is 1.36 bits per heavy atom. The molecule has 0 bridgehead atoms. The third-order valence-corrected chi connectivity index (χ3v) is 3.47. The van der Waals surface area contributed by atoms with Crippen LogP contribution in [0.15, 0.2) is 0 Å². The number of rotatable bonds is 4. The van der Waals surface area contributed by atoms with E-state index < -0.39 is 0 Å². The lowest BCUT2D eigenvalue weighted by atomic mass is 9.87. The van der Waals surface area contributed by atoms with Gasteiger partial charge in [-0.2, -0.15) is 0 Å². The fourth-order valence-electron chi connectivity index (χ4n) is 0.722. The van der Waals surface area contributed by atoms with Crippen LogP contribution in [0.3, 0.4) is 0 Å². The summed E-state index contributed by atoms with van der Waals surface area (Å²) < 4.78 is 0. The number of nitrogens with one attached hydrogen (secondary N) is 1. The van der Waals surface area contributed by atoms with Crippen molar-refractivity contribution in [2.45, 2.75) is 58.9 Å². The van der Waals surface area contributed by atoms with Gasteiger partial charge in [0.2, 0.25) is 5.91 Å². The monoisotopic (exact) mass is 219 g/mol. The first-order valence-electron chi connectivity index (χ1n) is 5.10. The maximum absolute atomic E-state index is 11.8. The van der Waals surface area contributed by atoms with Crippen LogP contribution in [0, 0.1) is 5.41 Å². The molecule has 84 valence electrons. The van der Waals surface area contributed by atoms with E-state index in [1.54, 1.807) is 0 Å². The van der Waals surface area contributed by atoms with Crippen molar-refractivity contribution in [3.05, 3.63) is 0 Å². The fourth-order valence-corrected chi connectivity index (χ4v) is 0.776. The Bertz CT molecular complexity index is 209. The quantitative estimate of drug-likeness (QED) is 0.724. The van der Waals surface area contributed by atoms with Crippen molar-refractivity contribution in [3.8, 4) is 0 Å². The van der Waals surface area contributed by atoms with E-state index in [4.69, 9.17) is 11.6 Å². The second kappa shape index (κ2) is 4.52. The molecule has 0 aromatic heterocycles. The van der Waals surface area contributed by atoms with E-state index in [9.17, 15) is 4.79 Å². The number of amides is 1. The smallest absolute Gasteiger partial charge is 0.226 e. The molecule has 0 radical (unpaired) electrons. The highest BCUT2D eigenvalue weighted by molar-refractivity contribution is 6.21. The van der Waals surface area contributed by atoms with Crippen LogP contribution >= 0.6 is 11.6 Å². The predicted molar refractivity (Wildman–Crippen MR) is 61.6 cm³/mol. The van der Waals surface area contributed by atoms with E-state index in [2.05, 4.69) is 5.32 Å². The van der Waals surface area contributed by atoms with Gasteiger partial charge in [-0.05, 0) is 27.2 Å². The third kappa shape index (κ3) is 3.49. The van der Waals surface area contributed by atoms with Crippen molar-refractivity contribution >= 4 is 17.5 Å². The van der Waals surface area contributed by atoms with Crippen LogP contribution in [-0.4, -0.2) is 16.8 Å². The summed E-state index contributed by atoms with van der Waals surface area (Å²) in [5, 5.41) is 2.89. The van der Waals surface area contributed by atoms with E-state index >= 15 is 0 Å². The second-order valence-electron chi connectivity index (χ2n) is 5.03. The summed E-state index contributed by atoms with van der Waals surface area (Å²) in [6, 6.07) is 0. The summed E-state index contributed by atoms with van der Waals surface area (Å²) in [5.74, 6) is 0.0671. The molecule has 0 aromatic carbocycles. The molecular weight excluding hydrogens is 198 g/mol. The molecule has 0 saturated heterocycles. The van der Waals surface area contributed by atoms with Gasteiger partial charge >= 0.3 is 0 Å². The van der Waals surface area contributed by atoms with E-state index in [-0.39, 0.29) is 22.2 Å². The molecule has 0 fully saturated rings. The summed E-state index contributed by atoms with van der Waals surface area (Å²) in [6.07, 6.45) is 0.825. The van der Waals surface area contributed by atoms with Gasteiger partial charge in [0.05, 0.1) is 10.9 Å². The summed E-state index contributed by atoms with van der Waals surface area (Å²) in [4.78, 5) is 11.8. The molecule has 0 aliphatic heterocycles. The SMILES string of the molecule is CCC(C)(C)C(=O)NC(C)(C)C(C)Cl. The molecule has 0 spiro atoms. The molecule has 14 heavy (non-hydrogen) atoms. The van der Waals surface area contributed by atoms with E-state index in [0.29, 0.717) is 0 Å². The molecule has 1 N–H and O–H groups in total. The molecule has 0 heterocycles. The minimum atomic E-state index is -0.356. The van der Waals surface area contributed by atoms with Gasteiger partial charge in [-0.1, -0.05) is 20.8 Å². The third-order valence-electron chi connectivity index (χ3n) is 2.93. The maximum Gasteiger partial charge on any atom is 0.226 e. The average molecular weight is 220 g/mol. The first-order chi connectivity index (χ1) is 6.13. The minimum absolute atomic E-state index is 0.0671. The standard InChI is InChI=1S/C11H22ClNO/c1-7-10(3,4)9(14)13-11(5,6)8(2)12/h8H,7H2,1-6H3,(H,13,14). The number of alkyl halides is 1. The lowest BCUT2D eigenvalue weighted by Gasteiger charge is -2.33. The lowest BCUT2D eigenvalue weighted by molar-refractivity contribution is -0.131. The number of hydrogen-bond acceptors (Lipinski definition) is 1. The number of halogens is 1. The Balaban J connectivity index is 4.48. The van der Waals surface area contributed by atoms with Gasteiger partial charge < -0.3 is 5.32 Å². The van der Waals surface area contributed by atoms with Gasteiger partial charge in [-0.15, -0.1) is 11.6 Å². The molecule has 1 amide bonds. The number of hydrogen-bond donors (Lipinski definition) is 1. The van der Waals surface area contributed by atoms with E-state index in [1.807, 2.05) is 41.5 Å². The van der Waals surface area contributed by atoms with Crippen molar-refractivity contribution in [1.29, 1.82) is 0 Å². The van der Waals surface area contributed by atoms with Crippen molar-refractivity contribution in [2.75, 3.05) is 0 Å². The Kier molecular flexibility index (Phi) is 4.44. The normalized spacial score (nSPS) is 15.1. The maximum atomic E-state index is 11.8. The first kappa shape index (κ1) is 13.8. The Labute approximate surface area is 92.4 Å². The summed E-state index contributed by atoms with van der Waals surface area (Å²) in [5.41, 5.74) is -0.672. The largest absolute Gasteiger partial charge is 0.349 e. The van der Waals surface area contributed by atoms with Crippen LogP contribution in [-0.2, 0) is 4.79 Å². The van der Waals surface area contributed by atoms with Gasteiger partial charge in [0.1, 0.15) is 0 Å². The number of carbonyl (C=O) groups excluding carboxylic acids is 1. The molecule has 1 unspecified atom stereocenters. The van der Waals surface area contributed by atoms with Crippen molar-refractivity contribution in [1.82, 2.24) is 5.32 Å². The van der Waals surface area contributed by atoms with Crippen LogP contribution in [0.4, 0.5) is 0 Å². The van der Waals surface area contributed by atoms with E-state index in [0.717, 1.165) is 6.42 Å². The first-order valence-corrected chi connectivity index (χ1v) is 5.54. The van der Waals surface area contributed by atoms with Crippen LogP contribution < -0.4 is 5.32 Å². The van der Waals surface area contributed by atoms with E-state index in [1.165, 1.54) is 0 Å². The van der Waals surface area contributed by atoms with Crippen LogP contribution in [0.5, 0.6) is 0 Å². The zero-order valence-corrected chi connectivity index (χ0v) is 10.8. The lowest BCUT2D eigenvalue weighted by Crippen LogP contribution is -2.52. The zero-order chi connectivity index (χ0) is 11.6. The molecule has 0 aliphatic carbocycles. The topological polar surface area (TPSA) is 29.1 Å². The minimum Gasteiger partial charge on any atom is -0.349 e. The summed E-state index contributed by atoms with van der Waals surface area (Å²) >= 11 is 5.99. The van der Waals surface area contributed by atoms with Crippen molar-refractivity contribution in [2.24, 2.45) is 5.41 Å². The van der Waals surface area contributed by atoms with Gasteiger partial charge in [-0.3, -0.25) is 4.79 Å². The van der Waals surface area contributed by atoms with Gasteiger partial charge in [0.15, 0.2) is 0 Å². The average Bonchev–Trinajstić information content (AvgIpc) is 2.03. The molecule has 0 aromatic rings. The molecule has 0 aliphatic rings. The highest BCUT2D eigenvalue weighted by Crippen LogP contribution is 2.23. The predicted octanol–water partition coefficient (Wildman–Crippen LogP) is 2.94. The fraction of sp³-hybridized carbons (Fsp3) is 0.909. The summed E-state index contributed by atoms with van der Waals surface area (Å²) in [6.45, 7) is 11.7. The highest BCUT2D eigenvalue weighted by atomic mass is 35.5. The zero-order valence-electron chi connectivity index (χ0n) is 10.1. The molecule has 2 nitrogen and oxygen atoms in total. The molecular formula is C11H22ClNO. The molecule has 1 atom stereocenters. The van der Waals surface area contributed by atoms with Crippen molar-refractivity contribution < 1.29 is 4.79 Å². The highest BCUT2D eigenvalue weighted by Gasteiger charge is 2.32. The van der Waals surface area contributed by atoms with Gasteiger partial charge in [0, 0.05) is 5.41 Å².